The number of nitrogens with zero attached hydrogens (tertiary/aromatic N) is 2. The van der Waals surface area contributed by atoms with Crippen LogP contribution in [0.4, 0.5) is 11.5 Å². The van der Waals surface area contributed by atoms with Crippen molar-refractivity contribution < 1.29 is 4.79 Å². The van der Waals surface area contributed by atoms with Crippen molar-refractivity contribution in [2.45, 2.75) is 32.6 Å². The molecule has 3 aromatic rings. The van der Waals surface area contributed by atoms with E-state index in [1.165, 1.54) is 16.7 Å². The average Bonchev–Trinajstić information content (AvgIpc) is 2.76. The zero-order valence-corrected chi connectivity index (χ0v) is 17.1. The lowest BCUT2D eigenvalue weighted by molar-refractivity contribution is 0.102. The third-order valence-electron chi connectivity index (χ3n) is 5.77. The summed E-state index contributed by atoms with van der Waals surface area (Å²) in [5.41, 5.74) is 5.39. The van der Waals surface area contributed by atoms with Crippen LogP contribution in [0.1, 0.15) is 45.8 Å². The van der Waals surface area contributed by atoms with Crippen molar-refractivity contribution in [1.82, 2.24) is 4.98 Å². The molecular formula is C25H27N3O. The van der Waals surface area contributed by atoms with Crippen molar-refractivity contribution in [2.24, 2.45) is 0 Å². The molecule has 0 spiro atoms. The second kappa shape index (κ2) is 8.48. The predicted molar refractivity (Wildman–Crippen MR) is 119 cm³/mol. The summed E-state index contributed by atoms with van der Waals surface area (Å²) in [6.45, 7) is 6.20. The Balaban J connectivity index is 1.36. The largest absolute Gasteiger partial charge is 0.357 e. The molecule has 29 heavy (non-hydrogen) atoms. The van der Waals surface area contributed by atoms with E-state index in [4.69, 9.17) is 0 Å². The SMILES string of the molecule is Cc1ccc(NC(=O)c2ccc(N3CCC(c4ccccc4C)CC3)nc2)cc1. The zero-order chi connectivity index (χ0) is 20.2. The van der Waals surface area contributed by atoms with Crippen LogP contribution in [0.15, 0.2) is 66.9 Å². The number of aryl methyl sites for hydroxylation is 2. The highest BCUT2D eigenvalue weighted by Crippen LogP contribution is 2.31. The number of benzene rings is 2. The van der Waals surface area contributed by atoms with Gasteiger partial charge in [0.05, 0.1) is 5.56 Å². The monoisotopic (exact) mass is 385 g/mol. The fraction of sp³-hybridized carbons (Fsp3) is 0.280. The molecule has 1 saturated heterocycles. The highest BCUT2D eigenvalue weighted by Gasteiger charge is 2.22. The summed E-state index contributed by atoms with van der Waals surface area (Å²) in [7, 11) is 0. The van der Waals surface area contributed by atoms with Crippen molar-refractivity contribution in [2.75, 3.05) is 23.3 Å². The molecule has 0 saturated carbocycles. The molecule has 0 bridgehead atoms. The minimum Gasteiger partial charge on any atom is -0.357 e. The van der Waals surface area contributed by atoms with Gasteiger partial charge in [0.1, 0.15) is 5.82 Å². The maximum absolute atomic E-state index is 12.5. The fourth-order valence-electron chi connectivity index (χ4n) is 4.01. The molecule has 0 aliphatic carbocycles. The van der Waals surface area contributed by atoms with Gasteiger partial charge in [-0.1, -0.05) is 42.0 Å². The first kappa shape index (κ1) is 19.2. The summed E-state index contributed by atoms with van der Waals surface area (Å²) < 4.78 is 0. The van der Waals surface area contributed by atoms with Crippen LogP contribution in [-0.2, 0) is 0 Å². The molecule has 1 aliphatic heterocycles. The molecule has 4 rings (SSSR count). The molecule has 1 aliphatic rings. The van der Waals surface area contributed by atoms with Gasteiger partial charge in [-0.3, -0.25) is 4.79 Å². The third-order valence-corrected chi connectivity index (χ3v) is 5.77. The van der Waals surface area contributed by atoms with Crippen molar-refractivity contribution >= 4 is 17.4 Å². The summed E-state index contributed by atoms with van der Waals surface area (Å²) in [6.07, 6.45) is 3.93. The first-order valence-electron chi connectivity index (χ1n) is 10.2. The number of rotatable bonds is 4. The smallest absolute Gasteiger partial charge is 0.257 e. The van der Waals surface area contributed by atoms with E-state index in [1.54, 1.807) is 6.20 Å². The Morgan fingerprint density at radius 1 is 0.966 bits per heavy atom. The van der Waals surface area contributed by atoms with Gasteiger partial charge in [0.25, 0.3) is 5.91 Å². The molecule has 1 amide bonds. The van der Waals surface area contributed by atoms with Gasteiger partial charge in [-0.2, -0.15) is 0 Å². The quantitative estimate of drug-likeness (QED) is 0.660. The summed E-state index contributed by atoms with van der Waals surface area (Å²) in [4.78, 5) is 19.3. The van der Waals surface area contributed by atoms with E-state index in [-0.39, 0.29) is 5.91 Å². The van der Waals surface area contributed by atoms with Crippen LogP contribution in [0.5, 0.6) is 0 Å². The lowest BCUT2D eigenvalue weighted by Gasteiger charge is -2.33. The van der Waals surface area contributed by atoms with Gasteiger partial charge in [0.2, 0.25) is 0 Å². The molecule has 0 radical (unpaired) electrons. The van der Waals surface area contributed by atoms with Gasteiger partial charge >= 0.3 is 0 Å². The minimum atomic E-state index is -0.133. The van der Waals surface area contributed by atoms with E-state index in [2.05, 4.69) is 46.4 Å². The molecule has 1 N–H and O–H groups in total. The van der Waals surface area contributed by atoms with Crippen molar-refractivity contribution in [3.8, 4) is 0 Å². The van der Waals surface area contributed by atoms with Gasteiger partial charge in [-0.25, -0.2) is 4.98 Å². The van der Waals surface area contributed by atoms with Crippen LogP contribution < -0.4 is 10.2 Å². The van der Waals surface area contributed by atoms with E-state index in [0.717, 1.165) is 37.4 Å². The van der Waals surface area contributed by atoms with E-state index in [0.29, 0.717) is 11.5 Å². The van der Waals surface area contributed by atoms with E-state index in [1.807, 2.05) is 43.3 Å². The van der Waals surface area contributed by atoms with Crippen LogP contribution >= 0.6 is 0 Å². The van der Waals surface area contributed by atoms with E-state index < -0.39 is 0 Å². The Kier molecular flexibility index (Phi) is 5.61. The second-order valence-electron chi connectivity index (χ2n) is 7.84. The number of pyridine rings is 1. The molecule has 4 heteroatoms. The predicted octanol–water partition coefficient (Wildman–Crippen LogP) is 5.33. The number of nitrogens with one attached hydrogen (secondary N) is 1. The van der Waals surface area contributed by atoms with Gasteiger partial charge in [-0.05, 0) is 68.0 Å². The molecule has 1 aromatic heterocycles. The van der Waals surface area contributed by atoms with Crippen LogP contribution in [-0.4, -0.2) is 24.0 Å². The van der Waals surface area contributed by atoms with Crippen LogP contribution in [0.2, 0.25) is 0 Å². The molecule has 0 atom stereocenters. The van der Waals surface area contributed by atoms with Crippen molar-refractivity contribution in [3.05, 3.63) is 89.1 Å². The topological polar surface area (TPSA) is 45.2 Å². The Hall–Kier alpha value is -3.14. The lowest BCUT2D eigenvalue weighted by Crippen LogP contribution is -2.33. The molecule has 1 fully saturated rings. The van der Waals surface area contributed by atoms with Crippen LogP contribution in [0.3, 0.4) is 0 Å². The number of hydrogen-bond donors (Lipinski definition) is 1. The Morgan fingerprint density at radius 3 is 2.34 bits per heavy atom. The Bertz CT molecular complexity index is 972. The Labute approximate surface area is 172 Å². The number of aromatic nitrogens is 1. The zero-order valence-electron chi connectivity index (χ0n) is 17.1. The normalized spacial score (nSPS) is 14.6. The van der Waals surface area contributed by atoms with E-state index in [9.17, 15) is 4.79 Å². The molecule has 0 unspecified atom stereocenters. The highest BCUT2D eigenvalue weighted by molar-refractivity contribution is 6.04. The molecule has 2 aromatic carbocycles. The van der Waals surface area contributed by atoms with E-state index >= 15 is 0 Å². The standard InChI is InChI=1S/C25H27N3O/c1-18-7-10-22(11-8-18)27-25(29)21-9-12-24(26-17-21)28-15-13-20(14-16-28)23-6-4-3-5-19(23)2/h3-12,17,20H,13-16H2,1-2H3,(H,27,29). The highest BCUT2D eigenvalue weighted by atomic mass is 16.1. The summed E-state index contributed by atoms with van der Waals surface area (Å²) >= 11 is 0. The number of amides is 1. The number of carbonyl (C=O) groups excluding carboxylic acids is 1. The second-order valence-corrected chi connectivity index (χ2v) is 7.84. The summed E-state index contributed by atoms with van der Waals surface area (Å²) in [6, 6.07) is 20.3. The minimum absolute atomic E-state index is 0.133. The number of anilines is 2. The molecule has 2 heterocycles. The first-order valence-corrected chi connectivity index (χ1v) is 10.2. The fourth-order valence-corrected chi connectivity index (χ4v) is 4.01. The average molecular weight is 386 g/mol. The van der Waals surface area contributed by atoms with Gasteiger partial charge in [0, 0.05) is 25.0 Å². The maximum Gasteiger partial charge on any atom is 0.257 e. The number of piperidine rings is 1. The maximum atomic E-state index is 12.5. The number of hydrogen-bond acceptors (Lipinski definition) is 3. The molecule has 148 valence electrons. The number of carbonyl (C=O) groups is 1. The van der Waals surface area contributed by atoms with Crippen molar-refractivity contribution in [3.63, 3.8) is 0 Å². The Morgan fingerprint density at radius 2 is 1.69 bits per heavy atom. The van der Waals surface area contributed by atoms with Crippen LogP contribution in [0.25, 0.3) is 0 Å². The molecular weight excluding hydrogens is 358 g/mol. The third kappa shape index (κ3) is 4.48. The lowest BCUT2D eigenvalue weighted by atomic mass is 9.87. The van der Waals surface area contributed by atoms with Gasteiger partial charge < -0.3 is 10.2 Å². The first-order chi connectivity index (χ1) is 14.1. The van der Waals surface area contributed by atoms with Gasteiger partial charge in [0.15, 0.2) is 0 Å². The summed E-state index contributed by atoms with van der Waals surface area (Å²) in [5, 5.41) is 2.92. The molecule has 4 nitrogen and oxygen atoms in total. The summed E-state index contributed by atoms with van der Waals surface area (Å²) in [5.74, 6) is 1.43. The van der Waals surface area contributed by atoms with Gasteiger partial charge in [-0.15, -0.1) is 0 Å². The van der Waals surface area contributed by atoms with Crippen LogP contribution in [0, 0.1) is 13.8 Å². The van der Waals surface area contributed by atoms with Crippen molar-refractivity contribution in [1.29, 1.82) is 0 Å².